The van der Waals surface area contributed by atoms with Crippen LogP contribution in [-0.2, 0) is 4.79 Å². The van der Waals surface area contributed by atoms with Crippen molar-refractivity contribution in [1.82, 2.24) is 19.8 Å². The van der Waals surface area contributed by atoms with Crippen LogP contribution in [0.15, 0.2) is 6.07 Å². The van der Waals surface area contributed by atoms with Crippen LogP contribution in [0.2, 0.25) is 5.15 Å². The summed E-state index contributed by atoms with van der Waals surface area (Å²) in [4.78, 5) is 27.1. The SMILES string of the molecule is CC1CCCCN1C(=O)CN1CCN(c2cc(Cl)nc(N)n2)CC1. The fourth-order valence-electron chi connectivity index (χ4n) is 3.47. The van der Waals surface area contributed by atoms with Gasteiger partial charge in [0.05, 0.1) is 6.54 Å². The number of piperazine rings is 1. The van der Waals surface area contributed by atoms with Crippen LogP contribution in [0.3, 0.4) is 0 Å². The Morgan fingerprint density at radius 1 is 1.25 bits per heavy atom. The van der Waals surface area contributed by atoms with Crippen molar-refractivity contribution in [3.05, 3.63) is 11.2 Å². The average molecular weight is 353 g/mol. The maximum atomic E-state index is 12.5. The van der Waals surface area contributed by atoms with Gasteiger partial charge in [-0.25, -0.2) is 4.98 Å². The van der Waals surface area contributed by atoms with E-state index in [1.165, 1.54) is 6.42 Å². The van der Waals surface area contributed by atoms with Gasteiger partial charge in [-0.3, -0.25) is 9.69 Å². The van der Waals surface area contributed by atoms with Gasteiger partial charge in [0.15, 0.2) is 0 Å². The molecular weight excluding hydrogens is 328 g/mol. The van der Waals surface area contributed by atoms with E-state index in [1.807, 2.05) is 4.90 Å². The fourth-order valence-corrected chi connectivity index (χ4v) is 3.65. The summed E-state index contributed by atoms with van der Waals surface area (Å²) in [6.07, 6.45) is 3.48. The lowest BCUT2D eigenvalue weighted by atomic mass is 10.0. The third kappa shape index (κ3) is 4.08. The summed E-state index contributed by atoms with van der Waals surface area (Å²) in [5.41, 5.74) is 5.66. The highest BCUT2D eigenvalue weighted by Gasteiger charge is 2.26. The van der Waals surface area contributed by atoms with Gasteiger partial charge in [-0.2, -0.15) is 4.98 Å². The van der Waals surface area contributed by atoms with Crippen LogP contribution in [0.5, 0.6) is 0 Å². The molecule has 7 nitrogen and oxygen atoms in total. The Bertz CT molecular complexity index is 570. The number of rotatable bonds is 3. The number of nitrogen functional groups attached to an aromatic ring is 1. The van der Waals surface area contributed by atoms with Gasteiger partial charge in [0, 0.05) is 44.8 Å². The second-order valence-electron chi connectivity index (χ2n) is 6.60. The van der Waals surface area contributed by atoms with Crippen molar-refractivity contribution < 1.29 is 4.79 Å². The van der Waals surface area contributed by atoms with Crippen LogP contribution in [0.25, 0.3) is 0 Å². The Labute approximate surface area is 147 Å². The van der Waals surface area contributed by atoms with Crippen molar-refractivity contribution in [2.75, 3.05) is 49.9 Å². The summed E-state index contributed by atoms with van der Waals surface area (Å²) in [6, 6.07) is 2.10. The van der Waals surface area contributed by atoms with E-state index in [-0.39, 0.29) is 11.9 Å². The third-order valence-electron chi connectivity index (χ3n) is 4.88. The number of carbonyl (C=O) groups is 1. The van der Waals surface area contributed by atoms with E-state index in [1.54, 1.807) is 6.07 Å². The van der Waals surface area contributed by atoms with Gasteiger partial charge in [0.1, 0.15) is 11.0 Å². The Balaban J connectivity index is 1.52. The van der Waals surface area contributed by atoms with Gasteiger partial charge in [0.25, 0.3) is 0 Å². The Hall–Kier alpha value is -1.60. The van der Waals surface area contributed by atoms with E-state index >= 15 is 0 Å². The zero-order chi connectivity index (χ0) is 17.1. The molecule has 24 heavy (non-hydrogen) atoms. The van der Waals surface area contributed by atoms with Crippen molar-refractivity contribution in [2.45, 2.75) is 32.2 Å². The molecule has 1 amide bonds. The number of piperidine rings is 1. The molecule has 3 heterocycles. The molecule has 2 aliphatic heterocycles. The number of nitrogens with zero attached hydrogens (tertiary/aromatic N) is 5. The topological polar surface area (TPSA) is 78.6 Å². The largest absolute Gasteiger partial charge is 0.368 e. The Morgan fingerprint density at radius 2 is 2.00 bits per heavy atom. The van der Waals surface area contributed by atoms with E-state index in [9.17, 15) is 4.79 Å². The molecule has 1 unspecified atom stereocenters. The van der Waals surface area contributed by atoms with Crippen LogP contribution in [0.1, 0.15) is 26.2 Å². The maximum absolute atomic E-state index is 12.5. The van der Waals surface area contributed by atoms with Crippen LogP contribution in [0, 0.1) is 0 Å². The highest BCUT2D eigenvalue weighted by molar-refractivity contribution is 6.29. The monoisotopic (exact) mass is 352 g/mol. The minimum absolute atomic E-state index is 0.189. The zero-order valence-electron chi connectivity index (χ0n) is 14.1. The molecule has 1 aromatic heterocycles. The maximum Gasteiger partial charge on any atom is 0.236 e. The summed E-state index contributed by atoms with van der Waals surface area (Å²) in [7, 11) is 0. The first-order chi connectivity index (χ1) is 11.5. The van der Waals surface area contributed by atoms with Crippen molar-refractivity contribution in [3.63, 3.8) is 0 Å². The summed E-state index contributed by atoms with van der Waals surface area (Å²) >= 11 is 5.95. The van der Waals surface area contributed by atoms with Gasteiger partial charge < -0.3 is 15.5 Å². The second-order valence-corrected chi connectivity index (χ2v) is 6.99. The summed E-state index contributed by atoms with van der Waals surface area (Å²) < 4.78 is 0. The highest BCUT2D eigenvalue weighted by atomic mass is 35.5. The van der Waals surface area contributed by atoms with Gasteiger partial charge in [-0.15, -0.1) is 0 Å². The molecule has 0 saturated carbocycles. The van der Waals surface area contributed by atoms with Crippen LogP contribution in [0.4, 0.5) is 11.8 Å². The van der Waals surface area contributed by atoms with E-state index in [2.05, 4.69) is 26.7 Å². The molecule has 2 saturated heterocycles. The van der Waals surface area contributed by atoms with Crippen molar-refractivity contribution >= 4 is 29.3 Å². The predicted molar refractivity (Wildman–Crippen MR) is 95.1 cm³/mol. The van der Waals surface area contributed by atoms with Crippen molar-refractivity contribution in [3.8, 4) is 0 Å². The molecule has 2 aliphatic rings. The second kappa shape index (κ2) is 7.53. The molecule has 0 radical (unpaired) electrons. The van der Waals surface area contributed by atoms with E-state index < -0.39 is 0 Å². The number of hydrogen-bond acceptors (Lipinski definition) is 6. The van der Waals surface area contributed by atoms with Crippen molar-refractivity contribution in [1.29, 1.82) is 0 Å². The molecule has 132 valence electrons. The molecule has 0 aromatic carbocycles. The fraction of sp³-hybridized carbons (Fsp3) is 0.688. The van der Waals surface area contributed by atoms with E-state index in [0.717, 1.165) is 51.4 Å². The minimum Gasteiger partial charge on any atom is -0.368 e. The molecule has 3 rings (SSSR count). The number of anilines is 2. The lowest BCUT2D eigenvalue weighted by molar-refractivity contribution is -0.135. The van der Waals surface area contributed by atoms with Gasteiger partial charge in [-0.05, 0) is 26.2 Å². The molecule has 2 fully saturated rings. The third-order valence-corrected chi connectivity index (χ3v) is 5.07. The predicted octanol–water partition coefficient (Wildman–Crippen LogP) is 1.24. The normalized spacial score (nSPS) is 22.7. The first-order valence-electron chi connectivity index (χ1n) is 8.60. The number of nitrogens with two attached hydrogens (primary N) is 1. The molecule has 8 heteroatoms. The number of halogens is 1. The zero-order valence-corrected chi connectivity index (χ0v) is 14.9. The molecular formula is C16H25ClN6O. The lowest BCUT2D eigenvalue weighted by Gasteiger charge is -2.38. The first-order valence-corrected chi connectivity index (χ1v) is 8.97. The summed E-state index contributed by atoms with van der Waals surface area (Å²) in [5, 5.41) is 0.356. The van der Waals surface area contributed by atoms with Gasteiger partial charge in [0.2, 0.25) is 11.9 Å². The quantitative estimate of drug-likeness (QED) is 0.824. The number of hydrogen-bond donors (Lipinski definition) is 1. The lowest BCUT2D eigenvalue weighted by Crippen LogP contribution is -2.52. The van der Waals surface area contributed by atoms with Crippen molar-refractivity contribution in [2.24, 2.45) is 0 Å². The summed E-state index contributed by atoms with van der Waals surface area (Å²) in [6.45, 7) is 6.82. The van der Waals surface area contributed by atoms with Crippen LogP contribution < -0.4 is 10.6 Å². The summed E-state index contributed by atoms with van der Waals surface area (Å²) in [5.74, 6) is 1.20. The Morgan fingerprint density at radius 3 is 2.67 bits per heavy atom. The number of carbonyl (C=O) groups excluding carboxylic acids is 1. The van der Waals surface area contributed by atoms with Crippen LogP contribution in [-0.4, -0.2) is 71.0 Å². The molecule has 0 aliphatic carbocycles. The molecule has 1 aromatic rings. The highest BCUT2D eigenvalue weighted by Crippen LogP contribution is 2.20. The van der Waals surface area contributed by atoms with Crippen LogP contribution >= 0.6 is 11.6 Å². The van der Waals surface area contributed by atoms with Gasteiger partial charge in [-0.1, -0.05) is 11.6 Å². The number of likely N-dealkylation sites (tertiary alicyclic amines) is 1. The smallest absolute Gasteiger partial charge is 0.236 e. The molecule has 1 atom stereocenters. The number of aromatic nitrogens is 2. The van der Waals surface area contributed by atoms with E-state index in [4.69, 9.17) is 17.3 Å². The molecule has 2 N–H and O–H groups in total. The molecule has 0 spiro atoms. The van der Waals surface area contributed by atoms with E-state index in [0.29, 0.717) is 17.7 Å². The Kier molecular flexibility index (Phi) is 5.40. The van der Waals surface area contributed by atoms with Gasteiger partial charge >= 0.3 is 0 Å². The number of amides is 1. The average Bonchev–Trinajstić information content (AvgIpc) is 2.55. The molecule has 0 bridgehead atoms. The standard InChI is InChI=1S/C16H25ClN6O/c1-12-4-2-3-5-23(12)15(24)11-21-6-8-22(9-7-21)14-10-13(17)19-16(18)20-14/h10,12H,2-9,11H2,1H3,(H2,18,19,20). The minimum atomic E-state index is 0.189. The first kappa shape index (κ1) is 17.2.